The van der Waals surface area contributed by atoms with Crippen LogP contribution in [0.15, 0.2) is 11.6 Å². The first kappa shape index (κ1) is 29.2. The van der Waals surface area contributed by atoms with Gasteiger partial charge in [-0.05, 0) is 68.1 Å². The highest BCUT2D eigenvalue weighted by molar-refractivity contribution is 5.96. The molecule has 0 aromatic heterocycles. The Kier molecular flexibility index (Phi) is 7.60. The fraction of sp³-hybridized carbons (Fsp3) is 0.818. The number of aliphatic hydroxyl groups is 1. The molecule has 41 heavy (non-hydrogen) atoms. The number of ether oxygens (including phenoxy) is 3. The minimum atomic E-state index is -1.29. The maximum Gasteiger partial charge on any atom is 0.306 e. The zero-order valence-corrected chi connectivity index (χ0v) is 24.8. The van der Waals surface area contributed by atoms with Crippen molar-refractivity contribution in [3.8, 4) is 0 Å². The van der Waals surface area contributed by atoms with Crippen LogP contribution in [0.2, 0.25) is 0 Å². The molecule has 2 unspecified atom stereocenters. The predicted molar refractivity (Wildman–Crippen MR) is 148 cm³/mol. The Hall–Kier alpha value is -1.90. The Morgan fingerprint density at radius 3 is 2.63 bits per heavy atom. The summed E-state index contributed by atoms with van der Waals surface area (Å²) in [4.78, 5) is 51.0. The molecule has 226 valence electrons. The number of hydrogen-bond donors (Lipinski definition) is 1. The number of hydrogen-bond acceptors (Lipinski definition) is 8. The molecule has 0 amide bonds. The molecule has 6 aliphatic rings. The van der Waals surface area contributed by atoms with Crippen molar-refractivity contribution >= 4 is 23.8 Å². The van der Waals surface area contributed by atoms with Gasteiger partial charge in [0, 0.05) is 24.2 Å². The highest BCUT2D eigenvalue weighted by Crippen LogP contribution is 2.70. The molecule has 1 aliphatic heterocycles. The van der Waals surface area contributed by atoms with Crippen molar-refractivity contribution in [2.24, 2.45) is 40.4 Å². The summed E-state index contributed by atoms with van der Waals surface area (Å²) < 4.78 is 19.0. The van der Waals surface area contributed by atoms with E-state index in [4.69, 9.17) is 14.2 Å². The van der Waals surface area contributed by atoms with Gasteiger partial charge in [-0.15, -0.1) is 0 Å². The van der Waals surface area contributed by atoms with Crippen molar-refractivity contribution in [1.82, 2.24) is 0 Å². The van der Waals surface area contributed by atoms with E-state index in [1.54, 1.807) is 0 Å². The molecule has 0 aromatic rings. The Labute approximate surface area is 242 Å². The first-order valence-electron chi connectivity index (χ1n) is 16.0. The van der Waals surface area contributed by atoms with Gasteiger partial charge in [-0.2, -0.15) is 0 Å². The predicted octanol–water partition coefficient (Wildman–Crippen LogP) is 4.50. The molecule has 1 N–H and O–H groups in total. The summed E-state index contributed by atoms with van der Waals surface area (Å²) in [5.41, 5.74) is -1.43. The molecular formula is C33H46O8. The van der Waals surface area contributed by atoms with Crippen LogP contribution in [0.3, 0.4) is 0 Å². The molecule has 5 aliphatic carbocycles. The maximum atomic E-state index is 14.3. The van der Waals surface area contributed by atoms with Gasteiger partial charge in [0.05, 0.1) is 18.1 Å². The average molecular weight is 571 g/mol. The highest BCUT2D eigenvalue weighted by atomic mass is 16.7. The smallest absolute Gasteiger partial charge is 0.306 e. The number of carbonyl (C=O) groups excluding carboxylic acids is 4. The third-order valence-electron chi connectivity index (χ3n) is 12.2. The molecule has 0 radical (unpaired) electrons. The summed E-state index contributed by atoms with van der Waals surface area (Å²) in [6.07, 6.45) is 9.98. The summed E-state index contributed by atoms with van der Waals surface area (Å²) in [5, 5.41) is 12.0. The van der Waals surface area contributed by atoms with E-state index >= 15 is 0 Å². The summed E-state index contributed by atoms with van der Waals surface area (Å²) in [6, 6.07) is 0. The molecule has 10 atom stereocenters. The van der Waals surface area contributed by atoms with E-state index in [1.807, 2.05) is 6.92 Å². The first-order valence-corrected chi connectivity index (χ1v) is 16.0. The van der Waals surface area contributed by atoms with Gasteiger partial charge in [0.2, 0.25) is 5.78 Å². The summed E-state index contributed by atoms with van der Waals surface area (Å²) in [5.74, 6) is -1.15. The Morgan fingerprint density at radius 2 is 1.93 bits per heavy atom. The fourth-order valence-electron chi connectivity index (χ4n) is 10.3. The van der Waals surface area contributed by atoms with Gasteiger partial charge in [-0.25, -0.2) is 0 Å². The molecule has 8 heteroatoms. The van der Waals surface area contributed by atoms with Crippen LogP contribution in [0.1, 0.15) is 97.8 Å². The van der Waals surface area contributed by atoms with Crippen LogP contribution in [0.5, 0.6) is 0 Å². The Bertz CT molecular complexity index is 1120. The monoisotopic (exact) mass is 570 g/mol. The lowest BCUT2D eigenvalue weighted by atomic mass is 9.45. The van der Waals surface area contributed by atoms with E-state index in [1.165, 1.54) is 6.42 Å². The Balaban J connectivity index is 1.35. The fourth-order valence-corrected chi connectivity index (χ4v) is 10.3. The second-order valence-electron chi connectivity index (χ2n) is 14.3. The van der Waals surface area contributed by atoms with E-state index in [9.17, 15) is 24.3 Å². The number of esters is 1. The standard InChI is InChI=1S/C33H46O8/c1-4-8-28(38)39-18-26(37)33-27(40-30(41-33)19-9-6-5-7-10-19)14-23-22-12-11-21-13-24(35)20(17-34)15-31(21,2)29(22)25(36)16-32(23,33)3/h11,17,19-20,22-23,25,27,29-30,36H,4-10,12-16,18H2,1-3H3/t20?,22-,23-,25-,27+,29+,30?,31-,32-,33+/m0/s1. The summed E-state index contributed by atoms with van der Waals surface area (Å²) >= 11 is 0. The third-order valence-corrected chi connectivity index (χ3v) is 12.2. The lowest BCUT2D eigenvalue weighted by Gasteiger charge is -2.60. The second kappa shape index (κ2) is 10.7. The van der Waals surface area contributed by atoms with Crippen molar-refractivity contribution in [2.45, 2.75) is 122 Å². The van der Waals surface area contributed by atoms with Crippen LogP contribution in [0.4, 0.5) is 0 Å². The van der Waals surface area contributed by atoms with Crippen molar-refractivity contribution in [3.05, 3.63) is 11.6 Å². The molecule has 0 spiro atoms. The van der Waals surface area contributed by atoms with Crippen molar-refractivity contribution in [3.63, 3.8) is 0 Å². The molecule has 6 rings (SSSR count). The molecule has 5 fully saturated rings. The lowest BCUT2D eigenvalue weighted by molar-refractivity contribution is -0.211. The molecule has 0 bridgehead atoms. The average Bonchev–Trinajstić information content (AvgIpc) is 3.45. The largest absolute Gasteiger partial charge is 0.458 e. The van der Waals surface area contributed by atoms with Crippen molar-refractivity contribution in [2.75, 3.05) is 6.61 Å². The topological polar surface area (TPSA) is 116 Å². The number of aldehydes is 1. The zero-order chi connectivity index (χ0) is 29.2. The van der Waals surface area contributed by atoms with Gasteiger partial charge in [0.15, 0.2) is 18.5 Å². The lowest BCUT2D eigenvalue weighted by Crippen LogP contribution is -2.64. The number of ketones is 2. The number of carbonyl (C=O) groups is 4. The minimum absolute atomic E-state index is 0.0328. The van der Waals surface area contributed by atoms with Crippen molar-refractivity contribution < 1.29 is 38.5 Å². The number of allylic oxidation sites excluding steroid dienone is 2. The van der Waals surface area contributed by atoms with Gasteiger partial charge < -0.3 is 24.1 Å². The van der Waals surface area contributed by atoms with Gasteiger partial charge in [0.25, 0.3) is 0 Å². The van der Waals surface area contributed by atoms with E-state index in [0.29, 0.717) is 32.1 Å². The zero-order valence-electron chi connectivity index (χ0n) is 24.8. The van der Waals surface area contributed by atoms with Gasteiger partial charge in [0.1, 0.15) is 12.1 Å². The first-order chi connectivity index (χ1) is 19.6. The number of aliphatic hydroxyl groups excluding tert-OH is 1. The molecule has 1 saturated heterocycles. The normalized spacial score (nSPS) is 45.6. The summed E-state index contributed by atoms with van der Waals surface area (Å²) in [7, 11) is 0. The molecule has 4 saturated carbocycles. The highest BCUT2D eigenvalue weighted by Gasteiger charge is 2.76. The van der Waals surface area contributed by atoms with Crippen LogP contribution < -0.4 is 0 Å². The van der Waals surface area contributed by atoms with Crippen LogP contribution in [-0.4, -0.2) is 59.6 Å². The minimum Gasteiger partial charge on any atom is -0.458 e. The van der Waals surface area contributed by atoms with Crippen LogP contribution in [0.25, 0.3) is 0 Å². The SMILES string of the molecule is CCCC(=O)OCC(=O)[C@@]12OC(C3CCCCC3)O[C@@H]1C[C@H]1[C@@H]3CC=C4CC(=O)C(C=O)C[C@]4(C)[C@H]3[C@@H](O)C[C@@]12C. The van der Waals surface area contributed by atoms with E-state index in [-0.39, 0.29) is 54.7 Å². The summed E-state index contributed by atoms with van der Waals surface area (Å²) in [6.45, 7) is 5.73. The van der Waals surface area contributed by atoms with Crippen LogP contribution >= 0.6 is 0 Å². The van der Waals surface area contributed by atoms with Crippen LogP contribution in [-0.2, 0) is 33.4 Å². The van der Waals surface area contributed by atoms with Gasteiger partial charge >= 0.3 is 5.97 Å². The second-order valence-corrected chi connectivity index (χ2v) is 14.3. The third kappa shape index (κ3) is 4.33. The Morgan fingerprint density at radius 1 is 1.17 bits per heavy atom. The molecule has 8 nitrogen and oxygen atoms in total. The van der Waals surface area contributed by atoms with Gasteiger partial charge in [-0.1, -0.05) is 51.7 Å². The number of Topliss-reactive ketones (excluding diaryl/α,β-unsaturated/α-hetero) is 2. The number of fused-ring (bicyclic) bond motifs is 7. The van der Waals surface area contributed by atoms with Crippen LogP contribution in [0, 0.1) is 40.4 Å². The van der Waals surface area contributed by atoms with Crippen molar-refractivity contribution in [1.29, 1.82) is 0 Å². The quantitative estimate of drug-likeness (QED) is 0.206. The van der Waals surface area contributed by atoms with E-state index in [0.717, 1.165) is 37.5 Å². The van der Waals surface area contributed by atoms with E-state index < -0.39 is 46.8 Å². The number of rotatable bonds is 7. The molecular weight excluding hydrogens is 524 g/mol. The van der Waals surface area contributed by atoms with Gasteiger partial charge in [-0.3, -0.25) is 14.4 Å². The van der Waals surface area contributed by atoms with E-state index in [2.05, 4.69) is 19.9 Å². The molecule has 0 aromatic carbocycles. The molecule has 1 heterocycles. The maximum absolute atomic E-state index is 14.3.